The summed E-state index contributed by atoms with van der Waals surface area (Å²) >= 11 is 13.2. The zero-order chi connectivity index (χ0) is 23.3. The van der Waals surface area contributed by atoms with E-state index in [0.717, 1.165) is 0 Å². The predicted octanol–water partition coefficient (Wildman–Crippen LogP) is 4.35. The average Bonchev–Trinajstić information content (AvgIpc) is 3.14. The number of aromatic nitrogens is 3. The van der Waals surface area contributed by atoms with Crippen molar-refractivity contribution in [2.45, 2.75) is 18.1 Å². The fourth-order valence-electron chi connectivity index (χ4n) is 2.82. The highest BCUT2D eigenvalue weighted by atomic mass is 35.5. The van der Waals surface area contributed by atoms with Gasteiger partial charge in [-0.05, 0) is 49.4 Å². The lowest BCUT2D eigenvalue weighted by molar-refractivity contribution is -0.113. The van der Waals surface area contributed by atoms with Gasteiger partial charge in [0.05, 0.1) is 29.6 Å². The van der Waals surface area contributed by atoms with Gasteiger partial charge in [-0.25, -0.2) is 0 Å². The van der Waals surface area contributed by atoms with E-state index in [0.29, 0.717) is 38.0 Å². The maximum Gasteiger partial charge on any atom is 0.251 e. The number of ether oxygens (including phenoxy) is 1. The number of anilines is 1. The lowest BCUT2D eigenvalue weighted by atomic mass is 10.2. The molecule has 8 nitrogen and oxygen atoms in total. The third-order valence-corrected chi connectivity index (χ3v) is 6.06. The van der Waals surface area contributed by atoms with E-state index in [-0.39, 0.29) is 17.6 Å². The predicted molar refractivity (Wildman–Crippen MR) is 126 cm³/mol. The Morgan fingerprint density at radius 2 is 1.88 bits per heavy atom. The van der Waals surface area contributed by atoms with Gasteiger partial charge in [-0.15, -0.1) is 10.2 Å². The molecule has 0 spiro atoms. The molecule has 0 bridgehead atoms. The van der Waals surface area contributed by atoms with E-state index in [1.165, 1.54) is 11.8 Å². The molecule has 3 rings (SSSR count). The number of amides is 2. The van der Waals surface area contributed by atoms with Crippen LogP contribution in [0.4, 0.5) is 5.69 Å². The number of carbonyl (C=O) groups excluding carboxylic acids is 2. The molecule has 32 heavy (non-hydrogen) atoms. The molecule has 0 aliphatic rings. The molecule has 0 aliphatic heterocycles. The first-order valence-corrected chi connectivity index (χ1v) is 11.2. The van der Waals surface area contributed by atoms with Crippen LogP contribution in [0.3, 0.4) is 0 Å². The molecule has 1 atom stereocenters. The second-order valence-corrected chi connectivity index (χ2v) is 8.57. The molecule has 11 heteroatoms. The molecule has 2 aromatic carbocycles. The number of nitrogens with one attached hydrogen (secondary N) is 2. The highest BCUT2D eigenvalue weighted by molar-refractivity contribution is 7.99. The molecular weight excluding hydrogens is 473 g/mol. The van der Waals surface area contributed by atoms with Crippen LogP contribution in [-0.4, -0.2) is 39.4 Å². The highest BCUT2D eigenvalue weighted by Crippen LogP contribution is 2.26. The van der Waals surface area contributed by atoms with Gasteiger partial charge in [0.1, 0.15) is 5.75 Å². The molecule has 0 unspecified atom stereocenters. The molecular formula is C21H21Cl2N5O3S. The molecule has 2 N–H and O–H groups in total. The number of hydrogen-bond donors (Lipinski definition) is 2. The lowest BCUT2D eigenvalue weighted by Crippen LogP contribution is -2.28. The van der Waals surface area contributed by atoms with Crippen LogP contribution >= 0.6 is 35.0 Å². The fraction of sp³-hybridized carbons (Fsp3) is 0.238. The number of thioether (sulfide) groups is 1. The molecule has 0 fully saturated rings. The molecule has 0 saturated heterocycles. The molecule has 1 aromatic heterocycles. The van der Waals surface area contributed by atoms with E-state index in [9.17, 15) is 9.59 Å². The second kappa shape index (κ2) is 10.7. The summed E-state index contributed by atoms with van der Waals surface area (Å²) in [4.78, 5) is 24.8. The first kappa shape index (κ1) is 23.9. The third kappa shape index (κ3) is 5.93. The van der Waals surface area contributed by atoms with Crippen LogP contribution in [0.1, 0.15) is 29.1 Å². The minimum Gasteiger partial charge on any atom is -0.497 e. The highest BCUT2D eigenvalue weighted by Gasteiger charge is 2.19. The van der Waals surface area contributed by atoms with Crippen molar-refractivity contribution in [2.75, 3.05) is 18.2 Å². The topological polar surface area (TPSA) is 98.1 Å². The third-order valence-electron chi connectivity index (χ3n) is 4.49. The van der Waals surface area contributed by atoms with E-state index in [2.05, 4.69) is 20.8 Å². The van der Waals surface area contributed by atoms with E-state index < -0.39 is 6.04 Å². The molecule has 0 saturated carbocycles. The molecule has 3 aromatic rings. The molecule has 0 radical (unpaired) electrons. The van der Waals surface area contributed by atoms with Gasteiger partial charge in [-0.1, -0.05) is 35.0 Å². The van der Waals surface area contributed by atoms with Crippen LogP contribution in [0.15, 0.2) is 47.6 Å². The Balaban J connectivity index is 1.57. The first-order chi connectivity index (χ1) is 15.3. The number of halogens is 2. The Hall–Kier alpha value is -2.75. The van der Waals surface area contributed by atoms with Gasteiger partial charge < -0.3 is 19.9 Å². The second-order valence-electron chi connectivity index (χ2n) is 6.78. The number of rotatable bonds is 8. The van der Waals surface area contributed by atoms with Crippen LogP contribution in [-0.2, 0) is 11.8 Å². The summed E-state index contributed by atoms with van der Waals surface area (Å²) in [6, 6.07) is 11.3. The Morgan fingerprint density at radius 1 is 1.16 bits per heavy atom. The van der Waals surface area contributed by atoms with Crippen LogP contribution in [0.25, 0.3) is 0 Å². The number of nitrogens with zero attached hydrogens (tertiary/aromatic N) is 3. The van der Waals surface area contributed by atoms with Gasteiger partial charge in [-0.2, -0.15) is 0 Å². The number of carbonyl (C=O) groups is 2. The van der Waals surface area contributed by atoms with Crippen molar-refractivity contribution in [3.8, 4) is 5.75 Å². The Labute approximate surface area is 199 Å². The molecule has 1 heterocycles. The smallest absolute Gasteiger partial charge is 0.251 e. The van der Waals surface area contributed by atoms with Gasteiger partial charge >= 0.3 is 0 Å². The molecule has 168 valence electrons. The number of benzene rings is 2. The Morgan fingerprint density at radius 3 is 2.53 bits per heavy atom. The summed E-state index contributed by atoms with van der Waals surface area (Å²) in [5.74, 6) is 0.862. The molecule has 2 amide bonds. The van der Waals surface area contributed by atoms with Crippen molar-refractivity contribution in [3.63, 3.8) is 0 Å². The first-order valence-electron chi connectivity index (χ1n) is 9.50. The van der Waals surface area contributed by atoms with Crippen LogP contribution in [0, 0.1) is 0 Å². The van der Waals surface area contributed by atoms with Gasteiger partial charge in [0.25, 0.3) is 5.91 Å². The minimum atomic E-state index is -0.391. The summed E-state index contributed by atoms with van der Waals surface area (Å²) in [6.45, 7) is 1.81. The molecule has 0 aliphatic carbocycles. The summed E-state index contributed by atoms with van der Waals surface area (Å²) in [5.41, 5.74) is 0.988. The fourth-order valence-corrected chi connectivity index (χ4v) is 4.00. The Kier molecular flexibility index (Phi) is 8.00. The number of hydrogen-bond acceptors (Lipinski definition) is 6. The summed E-state index contributed by atoms with van der Waals surface area (Å²) in [5, 5.41) is 15.3. The van der Waals surface area contributed by atoms with Gasteiger partial charge in [-0.3, -0.25) is 9.59 Å². The van der Waals surface area contributed by atoms with E-state index in [1.54, 1.807) is 61.2 Å². The summed E-state index contributed by atoms with van der Waals surface area (Å²) in [7, 11) is 3.35. The zero-order valence-corrected chi connectivity index (χ0v) is 19.9. The van der Waals surface area contributed by atoms with Crippen LogP contribution in [0.2, 0.25) is 10.0 Å². The summed E-state index contributed by atoms with van der Waals surface area (Å²) < 4.78 is 6.85. The minimum absolute atomic E-state index is 0.109. The van der Waals surface area contributed by atoms with Gasteiger partial charge in [0.15, 0.2) is 11.0 Å². The standard InChI is InChI=1S/C21H21Cl2N5O3S/c1-12(24-20(30)13-4-7-15(31-3)8-5-13)19-26-27-21(28(19)2)32-11-18(29)25-17-9-6-14(22)10-16(17)23/h4-10,12H,11H2,1-3H3,(H,24,30)(H,25,29)/t12-/m1/s1. The lowest BCUT2D eigenvalue weighted by Gasteiger charge is -2.14. The van der Waals surface area contributed by atoms with Crippen LogP contribution in [0.5, 0.6) is 5.75 Å². The van der Waals surface area contributed by atoms with E-state index in [4.69, 9.17) is 27.9 Å². The van der Waals surface area contributed by atoms with Gasteiger partial charge in [0.2, 0.25) is 5.91 Å². The SMILES string of the molecule is COc1ccc(C(=O)N[C@H](C)c2nnc(SCC(=O)Nc3ccc(Cl)cc3Cl)n2C)cc1. The van der Waals surface area contributed by atoms with Crippen molar-refractivity contribution in [1.82, 2.24) is 20.1 Å². The van der Waals surface area contributed by atoms with E-state index in [1.807, 2.05) is 6.92 Å². The quantitative estimate of drug-likeness (QED) is 0.452. The largest absolute Gasteiger partial charge is 0.497 e. The van der Waals surface area contributed by atoms with Crippen LogP contribution < -0.4 is 15.4 Å². The van der Waals surface area contributed by atoms with Crippen molar-refractivity contribution < 1.29 is 14.3 Å². The van der Waals surface area contributed by atoms with Gasteiger partial charge in [0, 0.05) is 17.6 Å². The van der Waals surface area contributed by atoms with E-state index >= 15 is 0 Å². The van der Waals surface area contributed by atoms with Crippen molar-refractivity contribution in [2.24, 2.45) is 7.05 Å². The number of methoxy groups -OCH3 is 1. The Bertz CT molecular complexity index is 1120. The van der Waals surface area contributed by atoms with Crippen molar-refractivity contribution in [1.29, 1.82) is 0 Å². The average molecular weight is 494 g/mol. The monoisotopic (exact) mass is 493 g/mol. The zero-order valence-electron chi connectivity index (χ0n) is 17.6. The van der Waals surface area contributed by atoms with Crippen molar-refractivity contribution in [3.05, 3.63) is 63.9 Å². The van der Waals surface area contributed by atoms with Crippen molar-refractivity contribution >= 4 is 52.5 Å². The summed E-state index contributed by atoms with van der Waals surface area (Å²) in [6.07, 6.45) is 0. The normalized spacial score (nSPS) is 11.7. The maximum atomic E-state index is 12.5. The maximum absolute atomic E-state index is 12.5.